The summed E-state index contributed by atoms with van der Waals surface area (Å²) < 4.78 is 0. The van der Waals surface area contributed by atoms with Crippen molar-refractivity contribution in [1.82, 2.24) is 10.6 Å². The average molecular weight is 170 g/mol. The van der Waals surface area contributed by atoms with Crippen LogP contribution in [0.25, 0.3) is 0 Å². The summed E-state index contributed by atoms with van der Waals surface area (Å²) >= 11 is 0. The van der Waals surface area contributed by atoms with Gasteiger partial charge in [0.05, 0.1) is 6.17 Å². The fourth-order valence-electron chi connectivity index (χ4n) is 1.35. The molecule has 2 atom stereocenters. The predicted molar refractivity (Wildman–Crippen MR) is 48.6 cm³/mol. The fourth-order valence-corrected chi connectivity index (χ4v) is 1.35. The van der Waals surface area contributed by atoms with Gasteiger partial charge in [-0.1, -0.05) is 20.8 Å². The Morgan fingerprint density at radius 1 is 1.42 bits per heavy atom. The molecule has 1 aliphatic heterocycles. The third kappa shape index (κ3) is 2.21. The lowest BCUT2D eigenvalue weighted by Crippen LogP contribution is -2.60. The van der Waals surface area contributed by atoms with E-state index in [1.165, 1.54) is 0 Å². The monoisotopic (exact) mass is 170 g/mol. The molecule has 0 aromatic carbocycles. The summed E-state index contributed by atoms with van der Waals surface area (Å²) in [4.78, 5) is 11.2. The van der Waals surface area contributed by atoms with Crippen LogP contribution < -0.4 is 10.6 Å². The lowest BCUT2D eigenvalue weighted by Gasteiger charge is -2.38. The topological polar surface area (TPSA) is 41.1 Å². The number of amides is 1. The van der Waals surface area contributed by atoms with E-state index in [1.54, 1.807) is 0 Å². The van der Waals surface area contributed by atoms with E-state index < -0.39 is 0 Å². The first-order valence-electron chi connectivity index (χ1n) is 4.45. The first-order chi connectivity index (χ1) is 5.39. The number of carbonyl (C=O) groups excluding carboxylic acids is 1. The SMILES string of the molecule is C[C@H]1CC(=O)NC(C(C)(C)C)N1. The largest absolute Gasteiger partial charge is 0.340 e. The summed E-state index contributed by atoms with van der Waals surface area (Å²) in [6.07, 6.45) is 0.695. The first kappa shape index (κ1) is 9.52. The van der Waals surface area contributed by atoms with Crippen LogP contribution in [0.3, 0.4) is 0 Å². The molecule has 1 unspecified atom stereocenters. The van der Waals surface area contributed by atoms with Gasteiger partial charge in [-0.05, 0) is 12.3 Å². The molecule has 12 heavy (non-hydrogen) atoms. The molecule has 2 N–H and O–H groups in total. The summed E-state index contributed by atoms with van der Waals surface area (Å²) in [5.41, 5.74) is 0.0876. The smallest absolute Gasteiger partial charge is 0.222 e. The van der Waals surface area contributed by atoms with Gasteiger partial charge in [0, 0.05) is 12.5 Å². The van der Waals surface area contributed by atoms with Gasteiger partial charge in [-0.2, -0.15) is 0 Å². The zero-order chi connectivity index (χ0) is 9.35. The van der Waals surface area contributed by atoms with Crippen LogP contribution in [0.4, 0.5) is 0 Å². The third-order valence-electron chi connectivity index (χ3n) is 2.11. The molecule has 1 fully saturated rings. The van der Waals surface area contributed by atoms with Crippen LogP contribution in [0.5, 0.6) is 0 Å². The van der Waals surface area contributed by atoms with Crippen molar-refractivity contribution in [2.24, 2.45) is 5.41 Å². The molecule has 0 aromatic rings. The number of rotatable bonds is 0. The van der Waals surface area contributed by atoms with Crippen LogP contribution in [-0.2, 0) is 4.79 Å². The van der Waals surface area contributed by atoms with Crippen molar-refractivity contribution in [3.05, 3.63) is 0 Å². The maximum Gasteiger partial charge on any atom is 0.222 e. The van der Waals surface area contributed by atoms with Gasteiger partial charge in [-0.3, -0.25) is 10.1 Å². The van der Waals surface area contributed by atoms with Gasteiger partial charge in [0.2, 0.25) is 5.91 Å². The van der Waals surface area contributed by atoms with Gasteiger partial charge in [-0.25, -0.2) is 0 Å². The van der Waals surface area contributed by atoms with Gasteiger partial charge in [0.25, 0.3) is 0 Å². The molecular formula is C9H18N2O. The minimum Gasteiger partial charge on any atom is -0.340 e. The number of nitrogens with one attached hydrogen (secondary N) is 2. The van der Waals surface area contributed by atoms with Crippen LogP contribution in [0.15, 0.2) is 0 Å². The molecule has 1 rings (SSSR count). The van der Waals surface area contributed by atoms with E-state index in [4.69, 9.17) is 0 Å². The summed E-state index contributed by atoms with van der Waals surface area (Å²) in [6.45, 7) is 8.38. The van der Waals surface area contributed by atoms with Crippen LogP contribution in [0.2, 0.25) is 0 Å². The second-order valence-corrected chi connectivity index (χ2v) is 4.64. The van der Waals surface area contributed by atoms with Crippen molar-refractivity contribution in [2.45, 2.75) is 46.3 Å². The lowest BCUT2D eigenvalue weighted by atomic mass is 9.90. The Morgan fingerprint density at radius 3 is 2.42 bits per heavy atom. The molecule has 1 saturated heterocycles. The van der Waals surface area contributed by atoms with E-state index in [0.29, 0.717) is 12.5 Å². The molecule has 1 aliphatic rings. The minimum atomic E-state index is 0.0876. The molecule has 1 amide bonds. The molecule has 0 aliphatic carbocycles. The van der Waals surface area contributed by atoms with Gasteiger partial charge in [0.1, 0.15) is 0 Å². The number of hydrogen-bond acceptors (Lipinski definition) is 2. The molecule has 0 spiro atoms. The zero-order valence-electron chi connectivity index (χ0n) is 8.27. The second-order valence-electron chi connectivity index (χ2n) is 4.64. The van der Waals surface area contributed by atoms with Crippen LogP contribution in [0, 0.1) is 5.41 Å². The summed E-state index contributed by atoms with van der Waals surface area (Å²) in [6, 6.07) is 0.294. The highest BCUT2D eigenvalue weighted by molar-refractivity contribution is 5.77. The second kappa shape index (κ2) is 3.05. The molecule has 3 heteroatoms. The summed E-state index contributed by atoms with van der Waals surface area (Å²) in [5, 5.41) is 6.29. The highest BCUT2D eigenvalue weighted by Gasteiger charge is 2.31. The van der Waals surface area contributed by atoms with E-state index in [1.807, 2.05) is 6.92 Å². The van der Waals surface area contributed by atoms with Gasteiger partial charge in [0.15, 0.2) is 0 Å². The van der Waals surface area contributed by atoms with Crippen molar-refractivity contribution >= 4 is 5.91 Å². The summed E-state index contributed by atoms with van der Waals surface area (Å²) in [7, 11) is 0. The Morgan fingerprint density at radius 2 is 2.00 bits per heavy atom. The van der Waals surface area contributed by atoms with E-state index in [-0.39, 0.29) is 17.5 Å². The Balaban J connectivity index is 2.62. The predicted octanol–water partition coefficient (Wildman–Crippen LogP) is 0.857. The molecule has 0 saturated carbocycles. The minimum absolute atomic E-state index is 0.0876. The standard InChI is InChI=1S/C9H18N2O/c1-6-5-7(12)11-8(10-6)9(2,3)4/h6,8,10H,5H2,1-4H3,(H,11,12)/t6-,8?/m0/s1. The molecule has 3 nitrogen and oxygen atoms in total. The molecule has 0 aromatic heterocycles. The first-order valence-corrected chi connectivity index (χ1v) is 4.45. The van der Waals surface area contributed by atoms with Crippen molar-refractivity contribution in [3.63, 3.8) is 0 Å². The Labute approximate surface area is 73.9 Å². The fraction of sp³-hybridized carbons (Fsp3) is 0.889. The number of hydrogen-bond donors (Lipinski definition) is 2. The summed E-state index contributed by atoms with van der Waals surface area (Å²) in [5.74, 6) is 0.154. The van der Waals surface area contributed by atoms with E-state index in [9.17, 15) is 4.79 Å². The van der Waals surface area contributed by atoms with Crippen molar-refractivity contribution < 1.29 is 4.79 Å². The van der Waals surface area contributed by atoms with Crippen molar-refractivity contribution in [1.29, 1.82) is 0 Å². The van der Waals surface area contributed by atoms with E-state index in [2.05, 4.69) is 31.4 Å². The van der Waals surface area contributed by atoms with Crippen LogP contribution >= 0.6 is 0 Å². The van der Waals surface area contributed by atoms with E-state index in [0.717, 1.165) is 0 Å². The van der Waals surface area contributed by atoms with Crippen LogP contribution in [-0.4, -0.2) is 18.1 Å². The quantitative estimate of drug-likeness (QED) is 0.566. The van der Waals surface area contributed by atoms with E-state index >= 15 is 0 Å². The third-order valence-corrected chi connectivity index (χ3v) is 2.11. The van der Waals surface area contributed by atoms with Crippen LogP contribution in [0.1, 0.15) is 34.1 Å². The highest BCUT2D eigenvalue weighted by atomic mass is 16.2. The lowest BCUT2D eigenvalue weighted by molar-refractivity contribution is -0.125. The zero-order valence-corrected chi connectivity index (χ0v) is 8.27. The maximum atomic E-state index is 11.2. The molecule has 1 heterocycles. The van der Waals surface area contributed by atoms with Gasteiger partial charge in [-0.15, -0.1) is 0 Å². The maximum absolute atomic E-state index is 11.2. The Bertz CT molecular complexity index is 183. The average Bonchev–Trinajstić information content (AvgIpc) is 1.82. The molecule has 0 radical (unpaired) electrons. The van der Waals surface area contributed by atoms with Crippen molar-refractivity contribution in [3.8, 4) is 0 Å². The Kier molecular flexibility index (Phi) is 2.42. The molecule has 0 bridgehead atoms. The van der Waals surface area contributed by atoms with Gasteiger partial charge < -0.3 is 5.32 Å². The Hall–Kier alpha value is -0.570. The highest BCUT2D eigenvalue weighted by Crippen LogP contribution is 2.20. The van der Waals surface area contributed by atoms with Crippen molar-refractivity contribution in [2.75, 3.05) is 0 Å². The molecular weight excluding hydrogens is 152 g/mol. The number of carbonyl (C=O) groups is 1. The van der Waals surface area contributed by atoms with Gasteiger partial charge >= 0.3 is 0 Å². The molecule has 70 valence electrons. The normalized spacial score (nSPS) is 31.5.